The summed E-state index contributed by atoms with van der Waals surface area (Å²) >= 11 is 4.70. The Balaban J connectivity index is 1.78. The molecule has 0 radical (unpaired) electrons. The number of halogens is 1. The van der Waals surface area contributed by atoms with Gasteiger partial charge in [0.05, 0.1) is 20.4 Å². The lowest BCUT2D eigenvalue weighted by molar-refractivity contribution is -0.385. The minimum Gasteiger partial charge on any atom is -0.333 e. The summed E-state index contributed by atoms with van der Waals surface area (Å²) in [5.74, 6) is 0.619. The Morgan fingerprint density at radius 1 is 1.29 bits per heavy atom. The second-order valence-electron chi connectivity index (χ2n) is 4.39. The number of nitro groups is 1. The highest BCUT2D eigenvalue weighted by molar-refractivity contribution is 9.10. The lowest BCUT2D eigenvalue weighted by Crippen LogP contribution is -1.91. The number of aromatic amines is 1. The van der Waals surface area contributed by atoms with Crippen molar-refractivity contribution in [3.63, 3.8) is 0 Å². The lowest BCUT2D eigenvalue weighted by Gasteiger charge is -2.01. The van der Waals surface area contributed by atoms with Crippen molar-refractivity contribution in [1.82, 2.24) is 9.97 Å². The Morgan fingerprint density at radius 3 is 2.86 bits per heavy atom. The fourth-order valence-corrected chi connectivity index (χ4v) is 3.16. The number of nitrogens with one attached hydrogen (secondary N) is 1. The quantitative estimate of drug-likeness (QED) is 0.420. The van der Waals surface area contributed by atoms with Crippen molar-refractivity contribution in [3.8, 4) is 0 Å². The van der Waals surface area contributed by atoms with Gasteiger partial charge in [0.25, 0.3) is 5.69 Å². The van der Waals surface area contributed by atoms with Crippen LogP contribution >= 0.6 is 27.7 Å². The molecule has 0 bridgehead atoms. The average molecular weight is 364 g/mol. The number of para-hydroxylation sites is 2. The first-order chi connectivity index (χ1) is 10.1. The smallest absolute Gasteiger partial charge is 0.283 e. The Labute approximate surface area is 133 Å². The zero-order valence-corrected chi connectivity index (χ0v) is 13.1. The molecule has 0 atom stereocenters. The molecule has 2 aromatic carbocycles. The first-order valence-corrected chi connectivity index (χ1v) is 7.92. The lowest BCUT2D eigenvalue weighted by atomic mass is 10.2. The van der Waals surface area contributed by atoms with Crippen LogP contribution < -0.4 is 0 Å². The van der Waals surface area contributed by atoms with E-state index in [2.05, 4.69) is 25.9 Å². The summed E-state index contributed by atoms with van der Waals surface area (Å²) in [6.45, 7) is 0. The molecule has 0 aliphatic carbocycles. The van der Waals surface area contributed by atoms with Crippen LogP contribution in [0.2, 0.25) is 0 Å². The molecule has 21 heavy (non-hydrogen) atoms. The number of hydrogen-bond acceptors (Lipinski definition) is 4. The molecule has 0 aliphatic rings. The fourth-order valence-electron chi connectivity index (χ4n) is 1.94. The van der Waals surface area contributed by atoms with Crippen molar-refractivity contribution in [3.05, 3.63) is 62.6 Å². The van der Waals surface area contributed by atoms with E-state index in [1.807, 2.05) is 30.3 Å². The van der Waals surface area contributed by atoms with Gasteiger partial charge in [-0.25, -0.2) is 4.98 Å². The third-order valence-corrected chi connectivity index (χ3v) is 4.57. The van der Waals surface area contributed by atoms with Crippen LogP contribution in [0.1, 0.15) is 5.56 Å². The van der Waals surface area contributed by atoms with Crippen LogP contribution in [0, 0.1) is 10.1 Å². The number of thioether (sulfide) groups is 1. The Morgan fingerprint density at radius 2 is 2.10 bits per heavy atom. The number of H-pyrrole nitrogens is 1. The average Bonchev–Trinajstić information content (AvgIpc) is 2.89. The summed E-state index contributed by atoms with van der Waals surface area (Å²) in [5, 5.41) is 11.7. The van der Waals surface area contributed by atoms with Gasteiger partial charge in [-0.1, -0.05) is 30.0 Å². The maximum Gasteiger partial charge on any atom is 0.283 e. The molecular formula is C14H10BrN3O2S. The molecule has 0 aliphatic heterocycles. The summed E-state index contributed by atoms with van der Waals surface area (Å²) in [7, 11) is 0. The van der Waals surface area contributed by atoms with Crippen LogP contribution in [-0.2, 0) is 5.75 Å². The molecule has 0 saturated heterocycles. The zero-order chi connectivity index (χ0) is 14.8. The largest absolute Gasteiger partial charge is 0.333 e. The van der Waals surface area contributed by atoms with Crippen molar-refractivity contribution in [1.29, 1.82) is 0 Å². The van der Waals surface area contributed by atoms with Crippen molar-refractivity contribution in [2.45, 2.75) is 10.9 Å². The van der Waals surface area contributed by atoms with Gasteiger partial charge in [-0.3, -0.25) is 10.1 Å². The number of nitro benzene ring substituents is 1. The van der Waals surface area contributed by atoms with E-state index in [1.165, 1.54) is 11.8 Å². The molecule has 0 amide bonds. The number of fused-ring (bicyclic) bond motifs is 1. The molecule has 106 valence electrons. The molecule has 1 heterocycles. The van der Waals surface area contributed by atoms with Crippen LogP contribution in [0.5, 0.6) is 0 Å². The molecule has 0 fully saturated rings. The molecule has 1 aromatic heterocycles. The van der Waals surface area contributed by atoms with Gasteiger partial charge in [-0.2, -0.15) is 0 Å². The number of benzene rings is 2. The van der Waals surface area contributed by atoms with E-state index in [0.717, 1.165) is 21.8 Å². The van der Waals surface area contributed by atoms with E-state index in [1.54, 1.807) is 12.1 Å². The highest BCUT2D eigenvalue weighted by Gasteiger charge is 2.12. The predicted octanol–water partition coefficient (Wildman–Crippen LogP) is 4.53. The Bertz CT molecular complexity index is 786. The maximum absolute atomic E-state index is 10.9. The van der Waals surface area contributed by atoms with Crippen molar-refractivity contribution in [2.75, 3.05) is 0 Å². The van der Waals surface area contributed by atoms with Crippen LogP contribution in [0.4, 0.5) is 5.69 Å². The normalized spacial score (nSPS) is 10.9. The first-order valence-electron chi connectivity index (χ1n) is 6.14. The van der Waals surface area contributed by atoms with Gasteiger partial charge in [0, 0.05) is 11.8 Å². The number of rotatable bonds is 4. The second kappa shape index (κ2) is 5.87. The molecule has 3 aromatic rings. The van der Waals surface area contributed by atoms with E-state index in [-0.39, 0.29) is 10.6 Å². The molecule has 7 heteroatoms. The summed E-state index contributed by atoms with van der Waals surface area (Å²) < 4.78 is 0.491. The molecule has 5 nitrogen and oxygen atoms in total. The Hall–Kier alpha value is -1.86. The van der Waals surface area contributed by atoms with Gasteiger partial charge in [0.15, 0.2) is 5.16 Å². The van der Waals surface area contributed by atoms with E-state index in [9.17, 15) is 10.1 Å². The van der Waals surface area contributed by atoms with Gasteiger partial charge in [0.1, 0.15) is 0 Å². The standard InChI is InChI=1S/C14H10BrN3O2S/c15-10-6-5-9(7-13(10)18(19)20)8-21-14-16-11-3-1-2-4-12(11)17-14/h1-7H,8H2,(H,16,17). The van der Waals surface area contributed by atoms with Gasteiger partial charge in [0.2, 0.25) is 0 Å². The Kier molecular flexibility index (Phi) is 3.94. The minimum absolute atomic E-state index is 0.0812. The van der Waals surface area contributed by atoms with Crippen molar-refractivity contribution < 1.29 is 4.92 Å². The number of imidazole rings is 1. The first kappa shape index (κ1) is 14.1. The summed E-state index contributed by atoms with van der Waals surface area (Å²) in [5.41, 5.74) is 2.87. The van der Waals surface area contributed by atoms with Crippen LogP contribution in [0.3, 0.4) is 0 Å². The fraction of sp³-hybridized carbons (Fsp3) is 0.0714. The number of hydrogen-bond donors (Lipinski definition) is 1. The summed E-state index contributed by atoms with van der Waals surface area (Å²) in [4.78, 5) is 18.2. The summed E-state index contributed by atoms with van der Waals surface area (Å²) in [6, 6.07) is 13.0. The summed E-state index contributed by atoms with van der Waals surface area (Å²) in [6.07, 6.45) is 0. The second-order valence-corrected chi connectivity index (χ2v) is 6.21. The van der Waals surface area contributed by atoms with E-state index >= 15 is 0 Å². The topological polar surface area (TPSA) is 71.8 Å². The molecule has 1 N–H and O–H groups in total. The predicted molar refractivity (Wildman–Crippen MR) is 86.5 cm³/mol. The van der Waals surface area contributed by atoms with Crippen LogP contribution in [0.15, 0.2) is 52.1 Å². The molecular weight excluding hydrogens is 354 g/mol. The van der Waals surface area contributed by atoms with E-state index in [0.29, 0.717) is 10.2 Å². The molecule has 0 unspecified atom stereocenters. The van der Waals surface area contributed by atoms with Crippen molar-refractivity contribution >= 4 is 44.4 Å². The van der Waals surface area contributed by atoms with Gasteiger partial charge >= 0.3 is 0 Å². The third kappa shape index (κ3) is 3.08. The van der Waals surface area contributed by atoms with E-state index < -0.39 is 0 Å². The zero-order valence-electron chi connectivity index (χ0n) is 10.7. The molecule has 0 saturated carbocycles. The highest BCUT2D eigenvalue weighted by atomic mass is 79.9. The minimum atomic E-state index is -0.389. The number of aromatic nitrogens is 2. The molecule has 3 rings (SSSR count). The SMILES string of the molecule is O=[N+]([O-])c1cc(CSc2nc3ccccc3[nH]2)ccc1Br. The monoisotopic (exact) mass is 363 g/mol. The molecule has 0 spiro atoms. The van der Waals surface area contributed by atoms with Crippen LogP contribution in [-0.4, -0.2) is 14.9 Å². The van der Waals surface area contributed by atoms with Crippen molar-refractivity contribution in [2.24, 2.45) is 0 Å². The third-order valence-electron chi connectivity index (χ3n) is 2.95. The highest BCUT2D eigenvalue weighted by Crippen LogP contribution is 2.29. The van der Waals surface area contributed by atoms with E-state index in [4.69, 9.17) is 0 Å². The van der Waals surface area contributed by atoms with Gasteiger partial charge < -0.3 is 4.98 Å². The van der Waals surface area contributed by atoms with Gasteiger partial charge in [-0.15, -0.1) is 0 Å². The van der Waals surface area contributed by atoms with Gasteiger partial charge in [-0.05, 0) is 39.7 Å². The number of nitrogens with zero attached hydrogens (tertiary/aromatic N) is 2. The van der Waals surface area contributed by atoms with Crippen LogP contribution in [0.25, 0.3) is 11.0 Å². The maximum atomic E-state index is 10.9.